The Morgan fingerprint density at radius 2 is 1.86 bits per heavy atom. The predicted octanol–water partition coefficient (Wildman–Crippen LogP) is 2.29. The summed E-state index contributed by atoms with van der Waals surface area (Å²) < 4.78 is 5.27. The highest BCUT2D eigenvalue weighted by atomic mass is 16.5. The second kappa shape index (κ2) is 4.53. The fourth-order valence-electron chi connectivity index (χ4n) is 3.99. The van der Waals surface area contributed by atoms with Crippen molar-refractivity contribution >= 4 is 11.6 Å². The van der Waals surface area contributed by atoms with Gasteiger partial charge in [-0.2, -0.15) is 0 Å². The quantitative estimate of drug-likeness (QED) is 0.638. The molecular formula is C18H20O4. The highest BCUT2D eigenvalue weighted by molar-refractivity contribution is 6.46. The van der Waals surface area contributed by atoms with Gasteiger partial charge in [0.1, 0.15) is 5.75 Å². The summed E-state index contributed by atoms with van der Waals surface area (Å²) in [5, 5.41) is 10.3. The number of ether oxygens (including phenoxy) is 1. The zero-order chi connectivity index (χ0) is 16.3. The molecule has 3 atom stereocenters. The smallest absolute Gasteiger partial charge is 0.229 e. The molecule has 0 spiro atoms. The molecule has 0 heterocycles. The summed E-state index contributed by atoms with van der Waals surface area (Å²) >= 11 is 0. The van der Waals surface area contributed by atoms with Gasteiger partial charge in [0.25, 0.3) is 0 Å². The maximum atomic E-state index is 12.7. The van der Waals surface area contributed by atoms with Crippen LogP contribution in [0, 0.1) is 11.3 Å². The lowest BCUT2D eigenvalue weighted by molar-refractivity contribution is -0.129. The maximum Gasteiger partial charge on any atom is 0.229 e. The van der Waals surface area contributed by atoms with Crippen LogP contribution < -0.4 is 4.74 Å². The molecule has 0 aliphatic heterocycles. The molecule has 116 valence electrons. The molecule has 1 N–H and O–H groups in total. The van der Waals surface area contributed by atoms with Crippen LogP contribution in [-0.4, -0.2) is 29.9 Å². The molecule has 22 heavy (non-hydrogen) atoms. The largest absolute Gasteiger partial charge is 0.497 e. The molecule has 3 unspecified atom stereocenters. The Kier molecular flexibility index (Phi) is 3.08. The first kappa shape index (κ1) is 15.0. The van der Waals surface area contributed by atoms with E-state index in [1.165, 1.54) is 0 Å². The van der Waals surface area contributed by atoms with Crippen molar-refractivity contribution in [2.24, 2.45) is 11.3 Å². The zero-order valence-electron chi connectivity index (χ0n) is 13.2. The van der Waals surface area contributed by atoms with Gasteiger partial charge in [0.15, 0.2) is 0 Å². The Morgan fingerprint density at radius 1 is 1.18 bits per heavy atom. The summed E-state index contributed by atoms with van der Waals surface area (Å²) in [5.74, 6) is -0.838. The van der Waals surface area contributed by atoms with Crippen molar-refractivity contribution in [1.29, 1.82) is 0 Å². The molecule has 1 aromatic rings. The van der Waals surface area contributed by atoms with Crippen molar-refractivity contribution in [3.63, 3.8) is 0 Å². The molecule has 0 fully saturated rings. The normalized spacial score (nSPS) is 32.4. The van der Waals surface area contributed by atoms with Crippen LogP contribution in [0.2, 0.25) is 0 Å². The number of rotatable bonds is 1. The number of ketones is 2. The molecular weight excluding hydrogens is 280 g/mol. The van der Waals surface area contributed by atoms with Gasteiger partial charge >= 0.3 is 0 Å². The van der Waals surface area contributed by atoms with Crippen LogP contribution >= 0.6 is 0 Å². The van der Waals surface area contributed by atoms with Gasteiger partial charge in [0, 0.05) is 22.3 Å². The highest BCUT2D eigenvalue weighted by Gasteiger charge is 2.57. The number of Topliss-reactive ketones (excluding diaryl/α,β-unsaturated/α-hetero) is 2. The third kappa shape index (κ3) is 1.73. The topological polar surface area (TPSA) is 63.6 Å². The van der Waals surface area contributed by atoms with Crippen LogP contribution in [0.15, 0.2) is 30.4 Å². The zero-order valence-corrected chi connectivity index (χ0v) is 13.2. The lowest BCUT2D eigenvalue weighted by Gasteiger charge is -2.51. The Labute approximate surface area is 129 Å². The van der Waals surface area contributed by atoms with E-state index in [0.29, 0.717) is 11.3 Å². The molecule has 3 rings (SSSR count). The number of fused-ring (bicyclic) bond motifs is 3. The van der Waals surface area contributed by atoms with Gasteiger partial charge in [-0.15, -0.1) is 0 Å². The number of methoxy groups -OCH3 is 1. The summed E-state index contributed by atoms with van der Waals surface area (Å²) in [6.07, 6.45) is 2.83. The van der Waals surface area contributed by atoms with Crippen LogP contribution in [-0.2, 0) is 10.2 Å². The Hall–Kier alpha value is -1.94. The van der Waals surface area contributed by atoms with Gasteiger partial charge in [-0.05, 0) is 23.8 Å². The predicted molar refractivity (Wildman–Crippen MR) is 82.1 cm³/mol. The fraction of sp³-hybridized carbons (Fsp3) is 0.444. The molecule has 0 radical (unpaired) electrons. The first-order valence-electron chi connectivity index (χ1n) is 7.38. The number of carbonyl (C=O) groups excluding carboxylic acids is 2. The molecule has 0 saturated carbocycles. The van der Waals surface area contributed by atoms with E-state index in [2.05, 4.69) is 0 Å². The van der Waals surface area contributed by atoms with Crippen molar-refractivity contribution in [2.45, 2.75) is 32.3 Å². The number of aliphatic hydroxyl groups is 1. The minimum atomic E-state index is -0.755. The van der Waals surface area contributed by atoms with Crippen molar-refractivity contribution in [1.82, 2.24) is 0 Å². The molecule has 2 aliphatic carbocycles. The van der Waals surface area contributed by atoms with E-state index in [0.717, 1.165) is 5.56 Å². The number of allylic oxidation sites excluding steroid dienone is 1. The van der Waals surface area contributed by atoms with Gasteiger partial charge in [-0.25, -0.2) is 0 Å². The number of carbonyl (C=O) groups is 2. The van der Waals surface area contributed by atoms with Gasteiger partial charge in [0.2, 0.25) is 11.6 Å². The second-order valence-electron chi connectivity index (χ2n) is 6.95. The molecule has 0 amide bonds. The minimum absolute atomic E-state index is 0.423. The molecule has 0 aromatic heterocycles. The van der Waals surface area contributed by atoms with E-state index in [1.807, 2.05) is 32.9 Å². The van der Waals surface area contributed by atoms with E-state index in [1.54, 1.807) is 25.3 Å². The van der Waals surface area contributed by atoms with Crippen LogP contribution in [0.4, 0.5) is 0 Å². The van der Waals surface area contributed by atoms with Gasteiger partial charge in [-0.1, -0.05) is 32.9 Å². The monoisotopic (exact) mass is 300 g/mol. The first-order valence-corrected chi connectivity index (χ1v) is 7.38. The number of hydrogen-bond acceptors (Lipinski definition) is 4. The Balaban J connectivity index is 2.32. The fourth-order valence-corrected chi connectivity index (χ4v) is 3.99. The summed E-state index contributed by atoms with van der Waals surface area (Å²) in [6.45, 7) is 5.62. The van der Waals surface area contributed by atoms with Crippen LogP contribution in [0.1, 0.15) is 36.7 Å². The minimum Gasteiger partial charge on any atom is -0.497 e. The van der Waals surface area contributed by atoms with Crippen molar-refractivity contribution < 1.29 is 19.4 Å². The molecule has 2 aliphatic rings. The third-order valence-corrected chi connectivity index (χ3v) is 5.27. The van der Waals surface area contributed by atoms with Crippen molar-refractivity contribution in [3.05, 3.63) is 41.5 Å². The second-order valence-corrected chi connectivity index (χ2v) is 6.95. The first-order chi connectivity index (χ1) is 10.2. The number of benzene rings is 1. The average molecular weight is 300 g/mol. The average Bonchev–Trinajstić information content (AvgIpc) is 2.48. The summed E-state index contributed by atoms with van der Waals surface area (Å²) in [5.41, 5.74) is -0.117. The van der Waals surface area contributed by atoms with Crippen molar-refractivity contribution in [3.8, 4) is 5.75 Å². The molecule has 0 bridgehead atoms. The SMILES string of the molecule is COc1ccc2c(c1)C1(C)C=CC(O)C(C)(C)C1C(=O)C2=O. The maximum absolute atomic E-state index is 12.7. The molecule has 4 heteroatoms. The lowest BCUT2D eigenvalue weighted by atomic mass is 9.51. The number of aliphatic hydroxyl groups excluding tert-OH is 1. The van der Waals surface area contributed by atoms with E-state index < -0.39 is 34.4 Å². The third-order valence-electron chi connectivity index (χ3n) is 5.27. The lowest BCUT2D eigenvalue weighted by Crippen LogP contribution is -2.57. The van der Waals surface area contributed by atoms with E-state index in [4.69, 9.17) is 4.74 Å². The highest BCUT2D eigenvalue weighted by Crippen LogP contribution is 2.53. The number of hydrogen-bond donors (Lipinski definition) is 1. The van der Waals surface area contributed by atoms with Gasteiger partial charge in [-0.3, -0.25) is 9.59 Å². The van der Waals surface area contributed by atoms with Crippen LogP contribution in [0.3, 0.4) is 0 Å². The molecule has 0 saturated heterocycles. The summed E-state index contributed by atoms with van der Waals surface area (Å²) in [7, 11) is 1.57. The Bertz CT molecular complexity index is 701. The molecule has 4 nitrogen and oxygen atoms in total. The van der Waals surface area contributed by atoms with E-state index in [-0.39, 0.29) is 0 Å². The standard InChI is InChI=1S/C18H20O4/c1-17(2)13(19)7-8-18(3)12-9-10(22-4)5-6-11(12)14(20)15(21)16(17)18/h5-9,13,16,19H,1-4H3. The van der Waals surface area contributed by atoms with Gasteiger partial charge < -0.3 is 9.84 Å². The Morgan fingerprint density at radius 3 is 2.50 bits per heavy atom. The summed E-state index contributed by atoms with van der Waals surface area (Å²) in [4.78, 5) is 25.2. The van der Waals surface area contributed by atoms with Crippen LogP contribution in [0.5, 0.6) is 5.75 Å². The van der Waals surface area contributed by atoms with Gasteiger partial charge in [0.05, 0.1) is 13.2 Å². The van der Waals surface area contributed by atoms with E-state index >= 15 is 0 Å². The van der Waals surface area contributed by atoms with Crippen molar-refractivity contribution in [2.75, 3.05) is 7.11 Å². The summed E-state index contributed by atoms with van der Waals surface area (Å²) in [6, 6.07) is 5.17. The molecule has 1 aromatic carbocycles. The van der Waals surface area contributed by atoms with E-state index in [9.17, 15) is 14.7 Å². The van der Waals surface area contributed by atoms with Crippen LogP contribution in [0.25, 0.3) is 0 Å².